The smallest absolute Gasteiger partial charge is 0.0957 e. The molecular formula is C16H25NO. The maximum atomic E-state index is 6.33. The molecule has 0 spiro atoms. The summed E-state index contributed by atoms with van der Waals surface area (Å²) in [4.78, 5) is 0. The monoisotopic (exact) mass is 247 g/mol. The highest BCUT2D eigenvalue weighted by Crippen LogP contribution is 2.32. The first-order chi connectivity index (χ1) is 8.55. The van der Waals surface area contributed by atoms with Gasteiger partial charge < -0.3 is 10.1 Å². The molecule has 2 unspecified atom stereocenters. The van der Waals surface area contributed by atoms with Crippen molar-refractivity contribution in [3.63, 3.8) is 0 Å². The molecule has 2 rings (SSSR count). The van der Waals surface area contributed by atoms with Gasteiger partial charge in [-0.1, -0.05) is 45.0 Å². The van der Waals surface area contributed by atoms with Gasteiger partial charge in [0.15, 0.2) is 0 Å². The first-order valence-corrected chi connectivity index (χ1v) is 7.02. The summed E-state index contributed by atoms with van der Waals surface area (Å²) in [6.45, 7) is 10.7. The molecule has 0 radical (unpaired) electrons. The molecule has 0 saturated carbocycles. The van der Waals surface area contributed by atoms with Crippen LogP contribution in [-0.2, 0) is 11.2 Å². The average Bonchev–Trinajstić information content (AvgIpc) is 2.39. The number of aryl methyl sites for hydroxylation is 1. The summed E-state index contributed by atoms with van der Waals surface area (Å²) < 4.78 is 6.33. The van der Waals surface area contributed by atoms with Gasteiger partial charge in [0, 0.05) is 13.1 Å². The van der Waals surface area contributed by atoms with Crippen LogP contribution in [0.3, 0.4) is 0 Å². The molecule has 0 aliphatic carbocycles. The number of nitrogens with one attached hydrogen (secondary N) is 1. The molecule has 100 valence electrons. The third-order valence-electron chi connectivity index (χ3n) is 4.20. The molecule has 1 N–H and O–H groups in total. The minimum Gasteiger partial charge on any atom is -0.364 e. The lowest BCUT2D eigenvalue weighted by Crippen LogP contribution is -2.52. The van der Waals surface area contributed by atoms with Gasteiger partial charge in [-0.25, -0.2) is 0 Å². The molecule has 2 atom stereocenters. The van der Waals surface area contributed by atoms with Crippen LogP contribution in [0.4, 0.5) is 0 Å². The van der Waals surface area contributed by atoms with Gasteiger partial charge in [0.25, 0.3) is 0 Å². The van der Waals surface area contributed by atoms with Crippen molar-refractivity contribution in [1.82, 2.24) is 5.32 Å². The Bertz CT molecular complexity index is 385. The molecule has 1 aliphatic rings. The predicted molar refractivity (Wildman–Crippen MR) is 75.8 cm³/mol. The summed E-state index contributed by atoms with van der Waals surface area (Å²) in [5.74, 6) is 0.516. The van der Waals surface area contributed by atoms with Crippen LogP contribution in [0.2, 0.25) is 0 Å². The Balaban J connectivity index is 2.12. The van der Waals surface area contributed by atoms with E-state index in [9.17, 15) is 0 Å². The van der Waals surface area contributed by atoms with E-state index in [0.29, 0.717) is 5.92 Å². The molecule has 1 aromatic rings. The van der Waals surface area contributed by atoms with Crippen molar-refractivity contribution in [2.75, 3.05) is 13.1 Å². The van der Waals surface area contributed by atoms with Gasteiger partial charge in [-0.3, -0.25) is 0 Å². The highest BCUT2D eigenvalue weighted by atomic mass is 16.5. The molecule has 0 amide bonds. The molecule has 18 heavy (non-hydrogen) atoms. The van der Waals surface area contributed by atoms with Gasteiger partial charge in [0.2, 0.25) is 0 Å². The minimum absolute atomic E-state index is 0.0632. The maximum absolute atomic E-state index is 6.33. The summed E-state index contributed by atoms with van der Waals surface area (Å²) in [5, 5.41) is 3.51. The second-order valence-corrected chi connectivity index (χ2v) is 5.80. The fourth-order valence-corrected chi connectivity index (χ4v) is 2.35. The fourth-order valence-electron chi connectivity index (χ4n) is 2.35. The standard InChI is InChI=1S/C16H25NO/c1-5-13-6-8-14(9-7-13)15-10-17-11-16(4,18-15)12(2)3/h6-9,12,15,17H,5,10-11H2,1-4H3. The van der Waals surface area contributed by atoms with E-state index in [0.717, 1.165) is 19.5 Å². The van der Waals surface area contributed by atoms with Crippen molar-refractivity contribution in [2.24, 2.45) is 5.92 Å². The van der Waals surface area contributed by atoms with Gasteiger partial charge in [-0.15, -0.1) is 0 Å². The Labute approximate surface area is 111 Å². The highest BCUT2D eigenvalue weighted by Gasteiger charge is 2.36. The molecule has 0 bridgehead atoms. The van der Waals surface area contributed by atoms with E-state index in [1.807, 2.05) is 0 Å². The summed E-state index contributed by atoms with van der Waals surface area (Å²) in [7, 11) is 0. The third kappa shape index (κ3) is 2.76. The first-order valence-electron chi connectivity index (χ1n) is 7.02. The summed E-state index contributed by atoms with van der Waals surface area (Å²) in [6.07, 6.45) is 1.27. The Hall–Kier alpha value is -0.860. The van der Waals surface area contributed by atoms with Crippen molar-refractivity contribution < 1.29 is 4.74 Å². The van der Waals surface area contributed by atoms with Crippen molar-refractivity contribution in [2.45, 2.75) is 45.8 Å². The Morgan fingerprint density at radius 3 is 2.56 bits per heavy atom. The average molecular weight is 247 g/mol. The molecule has 2 heteroatoms. The van der Waals surface area contributed by atoms with E-state index >= 15 is 0 Å². The van der Waals surface area contributed by atoms with Crippen molar-refractivity contribution >= 4 is 0 Å². The largest absolute Gasteiger partial charge is 0.364 e. The molecule has 0 aromatic heterocycles. The topological polar surface area (TPSA) is 21.3 Å². The van der Waals surface area contributed by atoms with Crippen LogP contribution in [0.25, 0.3) is 0 Å². The number of ether oxygens (including phenoxy) is 1. The molecule has 1 fully saturated rings. The maximum Gasteiger partial charge on any atom is 0.0957 e. The van der Waals surface area contributed by atoms with Crippen molar-refractivity contribution in [3.05, 3.63) is 35.4 Å². The zero-order chi connectivity index (χ0) is 13.2. The van der Waals surface area contributed by atoms with E-state index in [1.54, 1.807) is 0 Å². The molecular weight excluding hydrogens is 222 g/mol. The third-order valence-corrected chi connectivity index (χ3v) is 4.20. The van der Waals surface area contributed by atoms with Gasteiger partial charge in [0.1, 0.15) is 0 Å². The second-order valence-electron chi connectivity index (χ2n) is 5.80. The van der Waals surface area contributed by atoms with Crippen LogP contribution in [0.5, 0.6) is 0 Å². The SMILES string of the molecule is CCc1ccc(C2CNCC(C)(C(C)C)O2)cc1. The summed E-state index contributed by atoms with van der Waals surface area (Å²) >= 11 is 0. The number of rotatable bonds is 3. The van der Waals surface area contributed by atoms with Crippen LogP contribution in [-0.4, -0.2) is 18.7 Å². The number of morpholine rings is 1. The van der Waals surface area contributed by atoms with E-state index in [4.69, 9.17) is 4.74 Å². The van der Waals surface area contributed by atoms with Crippen LogP contribution < -0.4 is 5.32 Å². The molecule has 1 aromatic carbocycles. The van der Waals surface area contributed by atoms with Crippen LogP contribution >= 0.6 is 0 Å². The van der Waals surface area contributed by atoms with E-state index in [2.05, 4.69) is 57.3 Å². The lowest BCUT2D eigenvalue weighted by atomic mass is 9.89. The zero-order valence-corrected chi connectivity index (χ0v) is 12.0. The molecule has 2 nitrogen and oxygen atoms in total. The first kappa shape index (κ1) is 13.6. The molecule has 1 heterocycles. The lowest BCUT2D eigenvalue weighted by molar-refractivity contribution is -0.132. The van der Waals surface area contributed by atoms with Crippen molar-refractivity contribution in [3.8, 4) is 0 Å². The second kappa shape index (κ2) is 5.41. The van der Waals surface area contributed by atoms with Crippen LogP contribution in [0.1, 0.15) is 44.9 Å². The van der Waals surface area contributed by atoms with Gasteiger partial charge in [-0.2, -0.15) is 0 Å². The number of hydrogen-bond acceptors (Lipinski definition) is 2. The van der Waals surface area contributed by atoms with Crippen LogP contribution in [0.15, 0.2) is 24.3 Å². The van der Waals surface area contributed by atoms with E-state index in [1.165, 1.54) is 11.1 Å². The van der Waals surface area contributed by atoms with Crippen LogP contribution in [0, 0.1) is 5.92 Å². The normalized spacial score (nSPS) is 28.6. The zero-order valence-electron chi connectivity index (χ0n) is 12.0. The number of hydrogen-bond donors (Lipinski definition) is 1. The quantitative estimate of drug-likeness (QED) is 0.884. The minimum atomic E-state index is -0.0632. The Morgan fingerprint density at radius 1 is 1.33 bits per heavy atom. The van der Waals surface area contributed by atoms with E-state index in [-0.39, 0.29) is 11.7 Å². The summed E-state index contributed by atoms with van der Waals surface area (Å²) in [5.41, 5.74) is 2.60. The van der Waals surface area contributed by atoms with Gasteiger partial charge in [-0.05, 0) is 30.4 Å². The Kier molecular flexibility index (Phi) is 4.08. The fraction of sp³-hybridized carbons (Fsp3) is 0.625. The number of benzene rings is 1. The van der Waals surface area contributed by atoms with Gasteiger partial charge >= 0.3 is 0 Å². The predicted octanol–water partition coefficient (Wildman–Crippen LogP) is 3.32. The lowest BCUT2D eigenvalue weighted by Gasteiger charge is -2.42. The van der Waals surface area contributed by atoms with Crippen molar-refractivity contribution in [1.29, 1.82) is 0 Å². The van der Waals surface area contributed by atoms with E-state index < -0.39 is 0 Å². The highest BCUT2D eigenvalue weighted by molar-refractivity contribution is 5.25. The Morgan fingerprint density at radius 2 is 2.00 bits per heavy atom. The van der Waals surface area contributed by atoms with Gasteiger partial charge in [0.05, 0.1) is 11.7 Å². The summed E-state index contributed by atoms with van der Waals surface area (Å²) in [6, 6.07) is 8.83. The molecule has 1 saturated heterocycles. The molecule has 1 aliphatic heterocycles.